The Morgan fingerprint density at radius 3 is 2.88 bits per heavy atom. The molecule has 0 fully saturated rings. The second kappa shape index (κ2) is 4.35. The van der Waals surface area contributed by atoms with Crippen LogP contribution in [0, 0.1) is 0 Å². The van der Waals surface area contributed by atoms with Gasteiger partial charge in [-0.15, -0.1) is 10.2 Å². The molecule has 1 heterocycles. The minimum atomic E-state index is -0.348. The largest absolute Gasteiger partial charge is 0.354 e. The lowest BCUT2D eigenvalue weighted by molar-refractivity contribution is 0.0957. The minimum absolute atomic E-state index is 0.134. The van der Waals surface area contributed by atoms with Gasteiger partial charge in [0.25, 0.3) is 5.91 Å². The van der Waals surface area contributed by atoms with E-state index in [1.54, 1.807) is 12.1 Å². The molecular weight excluding hydrogens is 293 g/mol. The average molecular weight is 301 g/mol. The number of hydrogen-bond donors (Lipinski definition) is 1. The Morgan fingerprint density at radius 2 is 2.19 bits per heavy atom. The number of aromatic nitrogens is 2. The number of carbonyl (C=O) groups excluding carboxylic acids is 1. The van der Waals surface area contributed by atoms with Crippen molar-refractivity contribution in [2.24, 2.45) is 0 Å². The molecule has 1 aromatic carbocycles. The van der Waals surface area contributed by atoms with Crippen molar-refractivity contribution in [3.8, 4) is 0 Å². The van der Waals surface area contributed by atoms with Gasteiger partial charge in [-0.05, 0) is 18.2 Å². The number of rotatable bonds is 1. The maximum absolute atomic E-state index is 11.5. The van der Waals surface area contributed by atoms with Crippen LogP contribution >= 0.6 is 27.5 Å². The molecule has 0 bridgehead atoms. The van der Waals surface area contributed by atoms with Gasteiger partial charge in [0.2, 0.25) is 0 Å². The summed E-state index contributed by atoms with van der Waals surface area (Å²) in [4.78, 5) is 11.5. The molecule has 0 saturated carbocycles. The second-order valence-electron chi connectivity index (χ2n) is 3.10. The molecule has 0 unspecified atom stereocenters. The number of nitrogens with zero attached hydrogens (tertiary/aromatic N) is 2. The van der Waals surface area contributed by atoms with Gasteiger partial charge in [-0.2, -0.15) is 0 Å². The summed E-state index contributed by atoms with van der Waals surface area (Å²) in [6.07, 6.45) is 0. The SMILES string of the molecule is CNC(=O)c1nnc2ccc(Br)cc2c1Cl. The van der Waals surface area contributed by atoms with E-state index in [2.05, 4.69) is 31.4 Å². The monoisotopic (exact) mass is 299 g/mol. The molecule has 0 atom stereocenters. The van der Waals surface area contributed by atoms with E-state index in [-0.39, 0.29) is 11.6 Å². The Bertz CT molecular complexity index is 573. The standard InChI is InChI=1S/C10H7BrClN3O/c1-13-10(16)9-8(12)6-4-5(11)2-3-7(6)14-15-9/h2-4H,1H3,(H,13,16). The van der Waals surface area contributed by atoms with Crippen LogP contribution in [0.5, 0.6) is 0 Å². The third-order valence-electron chi connectivity index (χ3n) is 2.10. The predicted molar refractivity (Wildman–Crippen MR) is 65.6 cm³/mol. The van der Waals surface area contributed by atoms with Gasteiger partial charge < -0.3 is 5.32 Å². The summed E-state index contributed by atoms with van der Waals surface area (Å²) in [7, 11) is 1.52. The first-order chi connectivity index (χ1) is 7.63. The first-order valence-electron chi connectivity index (χ1n) is 4.47. The third-order valence-corrected chi connectivity index (χ3v) is 2.98. The Hall–Kier alpha value is -1.20. The molecule has 0 aliphatic heterocycles. The van der Waals surface area contributed by atoms with Gasteiger partial charge in [0.15, 0.2) is 5.69 Å². The summed E-state index contributed by atoms with van der Waals surface area (Å²) in [6.45, 7) is 0. The molecule has 0 spiro atoms. The van der Waals surface area contributed by atoms with Gasteiger partial charge in [-0.25, -0.2) is 0 Å². The van der Waals surface area contributed by atoms with Crippen LogP contribution in [0.2, 0.25) is 5.02 Å². The van der Waals surface area contributed by atoms with E-state index in [1.165, 1.54) is 7.05 Å². The number of halogens is 2. The number of carbonyl (C=O) groups is 1. The van der Waals surface area contributed by atoms with Crippen LogP contribution < -0.4 is 5.32 Å². The highest BCUT2D eigenvalue weighted by Gasteiger charge is 2.14. The molecular formula is C10H7BrClN3O. The van der Waals surface area contributed by atoms with E-state index < -0.39 is 0 Å². The second-order valence-corrected chi connectivity index (χ2v) is 4.40. The quantitative estimate of drug-likeness (QED) is 0.880. The number of amides is 1. The molecule has 1 N–H and O–H groups in total. The van der Waals surface area contributed by atoms with Crippen molar-refractivity contribution >= 4 is 44.3 Å². The van der Waals surface area contributed by atoms with Crippen molar-refractivity contribution in [2.45, 2.75) is 0 Å². The summed E-state index contributed by atoms with van der Waals surface area (Å²) >= 11 is 9.44. The van der Waals surface area contributed by atoms with Gasteiger partial charge in [0.05, 0.1) is 10.5 Å². The van der Waals surface area contributed by atoms with Crippen LogP contribution in [-0.4, -0.2) is 23.2 Å². The molecule has 16 heavy (non-hydrogen) atoms. The van der Waals surface area contributed by atoms with Crippen molar-refractivity contribution in [3.05, 3.63) is 33.4 Å². The van der Waals surface area contributed by atoms with Crippen molar-refractivity contribution in [2.75, 3.05) is 7.05 Å². The number of fused-ring (bicyclic) bond motifs is 1. The van der Waals surface area contributed by atoms with E-state index in [4.69, 9.17) is 11.6 Å². The molecule has 2 rings (SSSR count). The molecule has 4 nitrogen and oxygen atoms in total. The fraction of sp³-hybridized carbons (Fsp3) is 0.100. The summed E-state index contributed by atoms with van der Waals surface area (Å²) in [5.74, 6) is -0.348. The van der Waals surface area contributed by atoms with Crippen LogP contribution in [0.15, 0.2) is 22.7 Å². The molecule has 2 aromatic rings. The topological polar surface area (TPSA) is 54.9 Å². The van der Waals surface area contributed by atoms with E-state index in [0.29, 0.717) is 15.9 Å². The van der Waals surface area contributed by atoms with E-state index in [1.807, 2.05) is 6.07 Å². The van der Waals surface area contributed by atoms with Gasteiger partial charge in [-0.3, -0.25) is 4.79 Å². The Morgan fingerprint density at radius 1 is 1.44 bits per heavy atom. The number of hydrogen-bond acceptors (Lipinski definition) is 3. The van der Waals surface area contributed by atoms with E-state index in [0.717, 1.165) is 4.47 Å². The molecule has 0 radical (unpaired) electrons. The normalized spacial score (nSPS) is 10.4. The van der Waals surface area contributed by atoms with Crippen LogP contribution in [0.3, 0.4) is 0 Å². The molecule has 82 valence electrons. The van der Waals surface area contributed by atoms with Crippen LogP contribution in [0.1, 0.15) is 10.5 Å². The lowest BCUT2D eigenvalue weighted by atomic mass is 10.2. The number of nitrogens with one attached hydrogen (secondary N) is 1. The lowest BCUT2D eigenvalue weighted by Gasteiger charge is -2.04. The molecule has 1 aromatic heterocycles. The molecule has 1 amide bonds. The zero-order valence-corrected chi connectivity index (χ0v) is 10.6. The molecule has 0 aliphatic carbocycles. The maximum atomic E-state index is 11.5. The zero-order valence-electron chi connectivity index (χ0n) is 8.29. The minimum Gasteiger partial charge on any atom is -0.354 e. The van der Waals surface area contributed by atoms with E-state index in [9.17, 15) is 4.79 Å². The lowest BCUT2D eigenvalue weighted by Crippen LogP contribution is -2.20. The van der Waals surface area contributed by atoms with Crippen LogP contribution in [0.25, 0.3) is 10.9 Å². The maximum Gasteiger partial charge on any atom is 0.273 e. The summed E-state index contributed by atoms with van der Waals surface area (Å²) in [5, 5.41) is 11.2. The van der Waals surface area contributed by atoms with Gasteiger partial charge in [0, 0.05) is 16.9 Å². The Labute approximate surface area is 105 Å². The van der Waals surface area contributed by atoms with Gasteiger partial charge in [-0.1, -0.05) is 27.5 Å². The fourth-order valence-electron chi connectivity index (χ4n) is 1.31. The Kier molecular flexibility index (Phi) is 3.07. The summed E-state index contributed by atoms with van der Waals surface area (Å²) < 4.78 is 0.873. The first kappa shape index (κ1) is 11.3. The van der Waals surface area contributed by atoms with Gasteiger partial charge in [0.1, 0.15) is 0 Å². The third kappa shape index (κ3) is 1.88. The average Bonchev–Trinajstić information content (AvgIpc) is 2.29. The molecule has 0 aliphatic rings. The molecule has 6 heteroatoms. The van der Waals surface area contributed by atoms with Gasteiger partial charge >= 0.3 is 0 Å². The van der Waals surface area contributed by atoms with Crippen molar-refractivity contribution in [3.63, 3.8) is 0 Å². The highest BCUT2D eigenvalue weighted by atomic mass is 79.9. The zero-order chi connectivity index (χ0) is 11.7. The fourth-order valence-corrected chi connectivity index (χ4v) is 1.95. The number of benzene rings is 1. The van der Waals surface area contributed by atoms with E-state index >= 15 is 0 Å². The van der Waals surface area contributed by atoms with Crippen molar-refractivity contribution in [1.29, 1.82) is 0 Å². The van der Waals surface area contributed by atoms with Crippen LogP contribution in [0.4, 0.5) is 0 Å². The van der Waals surface area contributed by atoms with Crippen LogP contribution in [-0.2, 0) is 0 Å². The highest BCUT2D eigenvalue weighted by Crippen LogP contribution is 2.26. The summed E-state index contributed by atoms with van der Waals surface area (Å²) in [6, 6.07) is 5.43. The molecule has 0 saturated heterocycles. The first-order valence-corrected chi connectivity index (χ1v) is 5.64. The van der Waals surface area contributed by atoms with Crippen molar-refractivity contribution in [1.82, 2.24) is 15.5 Å². The van der Waals surface area contributed by atoms with Crippen molar-refractivity contribution < 1.29 is 4.79 Å². The predicted octanol–water partition coefficient (Wildman–Crippen LogP) is 2.41. The smallest absolute Gasteiger partial charge is 0.273 e. The highest BCUT2D eigenvalue weighted by molar-refractivity contribution is 9.10. The Balaban J connectivity index is 2.72. The summed E-state index contributed by atoms with van der Waals surface area (Å²) in [5.41, 5.74) is 0.788.